The van der Waals surface area contributed by atoms with E-state index in [0.29, 0.717) is 0 Å². The van der Waals surface area contributed by atoms with Crippen LogP contribution in [0.25, 0.3) is 11.4 Å². The summed E-state index contributed by atoms with van der Waals surface area (Å²) < 4.78 is 2.06. The second-order valence-electron chi connectivity index (χ2n) is 3.06. The van der Waals surface area contributed by atoms with Gasteiger partial charge in [-0.1, -0.05) is 0 Å². The van der Waals surface area contributed by atoms with Crippen LogP contribution in [0.1, 0.15) is 5.69 Å². The van der Waals surface area contributed by atoms with Crippen LogP contribution in [-0.4, -0.2) is 9.55 Å². The molecular weight excluding hydrogens is 352 g/mol. The number of hydrogen-bond acceptors (Lipinski definition) is 1. The minimum Gasteiger partial charge on any atom is -0.371 e. The molecule has 2 aromatic rings. The van der Waals surface area contributed by atoms with Gasteiger partial charge in [0.2, 0.25) is 0 Å². The topological polar surface area (TPSA) is 17.8 Å². The Labute approximate surface area is 97.3 Å². The Bertz CT molecular complexity index is 406. The zero-order chi connectivity index (χ0) is 9.26. The number of aromatic nitrogens is 2. The molecule has 1 heterocycles. The molecule has 0 aliphatic carbocycles. The molecule has 0 bridgehead atoms. The van der Waals surface area contributed by atoms with Crippen LogP contribution >= 0.6 is 0 Å². The number of hydrogen-bond donors (Lipinski definition) is 0. The minimum atomic E-state index is 0. The molecule has 0 amide bonds. The van der Waals surface area contributed by atoms with Crippen molar-refractivity contribution in [3.63, 3.8) is 0 Å². The first-order valence-electron chi connectivity index (χ1n) is 4.24. The van der Waals surface area contributed by atoms with E-state index in [2.05, 4.69) is 15.6 Å². The van der Waals surface area contributed by atoms with Crippen molar-refractivity contribution in [3.8, 4) is 11.4 Å². The van der Waals surface area contributed by atoms with E-state index in [-0.39, 0.29) is 20.1 Å². The SMILES string of the molecule is Cc1cnc(-c2[c-]cccc2)n1C.[Ir]. The normalized spacial score (nSPS) is 9.57. The van der Waals surface area contributed by atoms with Crippen molar-refractivity contribution >= 4 is 0 Å². The van der Waals surface area contributed by atoms with Gasteiger partial charge >= 0.3 is 0 Å². The Balaban J connectivity index is 0.000000980. The molecule has 0 saturated carbocycles. The van der Waals surface area contributed by atoms with Crippen molar-refractivity contribution in [1.82, 2.24) is 9.55 Å². The second kappa shape index (κ2) is 4.54. The quantitative estimate of drug-likeness (QED) is 0.711. The van der Waals surface area contributed by atoms with Crippen LogP contribution in [0.4, 0.5) is 0 Å². The Morgan fingerprint density at radius 3 is 2.64 bits per heavy atom. The van der Waals surface area contributed by atoms with Crippen LogP contribution in [0.5, 0.6) is 0 Å². The molecule has 3 heteroatoms. The van der Waals surface area contributed by atoms with Gasteiger partial charge in [-0.25, -0.2) is 0 Å². The molecule has 0 saturated heterocycles. The summed E-state index contributed by atoms with van der Waals surface area (Å²) in [5.41, 5.74) is 2.20. The van der Waals surface area contributed by atoms with Crippen LogP contribution in [0, 0.1) is 13.0 Å². The van der Waals surface area contributed by atoms with Crippen LogP contribution in [0.3, 0.4) is 0 Å². The molecular formula is C11H11IrN2-. The predicted molar refractivity (Wildman–Crippen MR) is 52.2 cm³/mol. The smallest absolute Gasteiger partial charge is 0.0557 e. The average molecular weight is 363 g/mol. The molecule has 1 aromatic carbocycles. The summed E-state index contributed by atoms with van der Waals surface area (Å²) in [6.07, 6.45) is 1.87. The van der Waals surface area contributed by atoms with Crippen LogP contribution in [0.15, 0.2) is 30.5 Å². The molecule has 0 fully saturated rings. The third kappa shape index (κ3) is 1.94. The van der Waals surface area contributed by atoms with E-state index < -0.39 is 0 Å². The maximum atomic E-state index is 4.32. The molecule has 0 N–H and O–H groups in total. The Morgan fingerprint density at radius 1 is 1.36 bits per heavy atom. The van der Waals surface area contributed by atoms with Gasteiger partial charge < -0.3 is 4.57 Å². The van der Waals surface area contributed by atoms with Crippen molar-refractivity contribution < 1.29 is 20.1 Å². The average Bonchev–Trinajstić information content (AvgIpc) is 2.49. The molecule has 0 unspecified atom stereocenters. The molecule has 0 aliphatic heterocycles. The van der Waals surface area contributed by atoms with Crippen molar-refractivity contribution in [1.29, 1.82) is 0 Å². The Hall–Kier alpha value is -0.921. The van der Waals surface area contributed by atoms with E-state index in [1.54, 1.807) is 0 Å². The molecule has 1 radical (unpaired) electrons. The minimum absolute atomic E-state index is 0. The molecule has 0 atom stereocenters. The van der Waals surface area contributed by atoms with Crippen molar-refractivity contribution in [2.75, 3.05) is 0 Å². The molecule has 75 valence electrons. The monoisotopic (exact) mass is 364 g/mol. The van der Waals surface area contributed by atoms with Gasteiger partial charge in [0.15, 0.2) is 0 Å². The predicted octanol–water partition coefficient (Wildman–Crippen LogP) is 2.19. The zero-order valence-electron chi connectivity index (χ0n) is 8.11. The van der Waals surface area contributed by atoms with Gasteiger partial charge in [-0.15, -0.1) is 35.9 Å². The standard InChI is InChI=1S/C11H11N2.Ir/c1-9-8-12-11(13(9)2)10-6-4-3-5-7-10;/h3-6,8H,1-2H3;/q-1;. The number of imidazole rings is 1. The fraction of sp³-hybridized carbons (Fsp3) is 0.182. The van der Waals surface area contributed by atoms with Gasteiger partial charge in [-0.05, 0) is 6.92 Å². The number of nitrogens with zero attached hydrogens (tertiary/aromatic N) is 2. The molecule has 2 nitrogen and oxygen atoms in total. The molecule has 0 spiro atoms. The van der Waals surface area contributed by atoms with Crippen molar-refractivity contribution in [2.24, 2.45) is 7.05 Å². The van der Waals surface area contributed by atoms with E-state index in [1.165, 1.54) is 0 Å². The second-order valence-corrected chi connectivity index (χ2v) is 3.06. The van der Waals surface area contributed by atoms with Gasteiger partial charge in [0, 0.05) is 39.0 Å². The summed E-state index contributed by atoms with van der Waals surface area (Å²) in [7, 11) is 2.01. The van der Waals surface area contributed by atoms with Gasteiger partial charge in [0.05, 0.1) is 5.82 Å². The molecule has 2 rings (SSSR count). The summed E-state index contributed by atoms with van der Waals surface area (Å²) in [6, 6.07) is 11.0. The Morgan fingerprint density at radius 2 is 2.14 bits per heavy atom. The number of rotatable bonds is 1. The van der Waals surface area contributed by atoms with E-state index in [0.717, 1.165) is 17.1 Å². The zero-order valence-corrected chi connectivity index (χ0v) is 10.5. The summed E-state index contributed by atoms with van der Waals surface area (Å²) in [6.45, 7) is 2.04. The van der Waals surface area contributed by atoms with E-state index in [1.807, 2.05) is 44.4 Å². The van der Waals surface area contributed by atoms with E-state index in [4.69, 9.17) is 0 Å². The fourth-order valence-corrected chi connectivity index (χ4v) is 1.28. The Kier molecular flexibility index (Phi) is 3.61. The van der Waals surface area contributed by atoms with E-state index >= 15 is 0 Å². The summed E-state index contributed by atoms with van der Waals surface area (Å²) in [5, 5.41) is 0. The first-order valence-corrected chi connectivity index (χ1v) is 4.24. The third-order valence-electron chi connectivity index (χ3n) is 2.17. The van der Waals surface area contributed by atoms with Gasteiger partial charge in [0.1, 0.15) is 0 Å². The molecule has 1 aromatic heterocycles. The summed E-state index contributed by atoms with van der Waals surface area (Å²) >= 11 is 0. The van der Waals surface area contributed by atoms with Gasteiger partial charge in [0.25, 0.3) is 0 Å². The molecule has 14 heavy (non-hydrogen) atoms. The largest absolute Gasteiger partial charge is 0.371 e. The molecule has 0 aliphatic rings. The van der Waals surface area contributed by atoms with Crippen LogP contribution in [0.2, 0.25) is 0 Å². The van der Waals surface area contributed by atoms with Gasteiger partial charge in [-0.3, -0.25) is 4.98 Å². The third-order valence-corrected chi connectivity index (χ3v) is 2.17. The number of aryl methyl sites for hydroxylation is 1. The van der Waals surface area contributed by atoms with Crippen LogP contribution in [-0.2, 0) is 27.2 Å². The summed E-state index contributed by atoms with van der Waals surface area (Å²) in [5.74, 6) is 0.970. The maximum Gasteiger partial charge on any atom is 0.0557 e. The first kappa shape index (κ1) is 11.2. The van der Waals surface area contributed by atoms with Crippen molar-refractivity contribution in [3.05, 3.63) is 42.2 Å². The van der Waals surface area contributed by atoms with Crippen LogP contribution < -0.4 is 0 Å². The first-order chi connectivity index (χ1) is 6.29. The summed E-state index contributed by atoms with van der Waals surface area (Å²) in [4.78, 5) is 4.32. The fourth-order valence-electron chi connectivity index (χ4n) is 1.28. The van der Waals surface area contributed by atoms with Gasteiger partial charge in [-0.2, -0.15) is 0 Å². The van der Waals surface area contributed by atoms with Crippen molar-refractivity contribution in [2.45, 2.75) is 6.92 Å². The maximum absolute atomic E-state index is 4.32. The number of benzene rings is 1. The van der Waals surface area contributed by atoms with E-state index in [9.17, 15) is 0 Å².